The summed E-state index contributed by atoms with van der Waals surface area (Å²) in [5.41, 5.74) is 0. The summed E-state index contributed by atoms with van der Waals surface area (Å²) >= 11 is 5.56. The van der Waals surface area contributed by atoms with Crippen LogP contribution in [0.3, 0.4) is 0 Å². The molecule has 2 nitrogen and oxygen atoms in total. The average molecular weight is 320 g/mol. The van der Waals surface area contributed by atoms with Crippen LogP contribution in [-0.4, -0.2) is 27.3 Å². The molecule has 0 aromatic carbocycles. The zero-order valence-corrected chi connectivity index (χ0v) is 12.9. The molecule has 2 fully saturated rings. The molecule has 98 valence electrons. The Kier molecular flexibility index (Phi) is 4.81. The van der Waals surface area contributed by atoms with Crippen LogP contribution < -0.4 is 5.32 Å². The maximum atomic E-state index is 12.3. The molecule has 1 aliphatic heterocycles. The van der Waals surface area contributed by atoms with E-state index in [1.807, 2.05) is 11.8 Å². The van der Waals surface area contributed by atoms with E-state index in [2.05, 4.69) is 28.2 Å². The number of alkyl halides is 1. The number of thioether (sulfide) groups is 1. The Bertz CT molecular complexity index is 279. The number of amides is 1. The lowest BCUT2D eigenvalue weighted by molar-refractivity contribution is -0.123. The Morgan fingerprint density at radius 3 is 2.76 bits per heavy atom. The van der Waals surface area contributed by atoms with E-state index in [4.69, 9.17) is 0 Å². The molecule has 3 atom stereocenters. The van der Waals surface area contributed by atoms with E-state index < -0.39 is 0 Å². The maximum Gasteiger partial charge on any atom is 0.236 e. The highest BCUT2D eigenvalue weighted by Crippen LogP contribution is 2.38. The van der Waals surface area contributed by atoms with E-state index in [1.54, 1.807) is 0 Å². The Hall–Kier alpha value is 0.300. The molecule has 0 aromatic heterocycles. The molecule has 3 unspecified atom stereocenters. The first kappa shape index (κ1) is 13.7. The van der Waals surface area contributed by atoms with Crippen molar-refractivity contribution in [3.8, 4) is 0 Å². The first-order valence-electron chi connectivity index (χ1n) is 6.71. The summed E-state index contributed by atoms with van der Waals surface area (Å²) in [6, 6.07) is 0.336. The molecule has 1 amide bonds. The summed E-state index contributed by atoms with van der Waals surface area (Å²) < 4.78 is -0.168. The SMILES string of the molecule is CC1(C(=O)NC2CCCCCC2Br)CCCS1. The second-order valence-corrected chi connectivity index (χ2v) is 8.19. The van der Waals surface area contributed by atoms with Crippen LogP contribution >= 0.6 is 27.7 Å². The van der Waals surface area contributed by atoms with Crippen molar-refractivity contribution in [1.82, 2.24) is 5.32 Å². The minimum absolute atomic E-state index is 0.168. The molecule has 0 spiro atoms. The summed E-state index contributed by atoms with van der Waals surface area (Å²) in [5.74, 6) is 1.39. The zero-order valence-electron chi connectivity index (χ0n) is 10.5. The molecule has 2 rings (SSSR count). The molecule has 4 heteroatoms. The Labute approximate surface area is 117 Å². The van der Waals surface area contributed by atoms with E-state index in [9.17, 15) is 4.79 Å². The van der Waals surface area contributed by atoms with Gasteiger partial charge in [0, 0.05) is 10.9 Å². The fourth-order valence-electron chi connectivity index (χ4n) is 2.70. The minimum atomic E-state index is -0.168. The van der Waals surface area contributed by atoms with Gasteiger partial charge in [-0.25, -0.2) is 0 Å². The molecule has 2 aliphatic rings. The van der Waals surface area contributed by atoms with Gasteiger partial charge in [0.05, 0.1) is 4.75 Å². The molecule has 0 bridgehead atoms. The first-order chi connectivity index (χ1) is 8.12. The molecule has 1 aliphatic carbocycles. The van der Waals surface area contributed by atoms with Crippen molar-refractivity contribution in [2.45, 2.75) is 67.5 Å². The summed E-state index contributed by atoms with van der Waals surface area (Å²) in [6.07, 6.45) is 8.36. The lowest BCUT2D eigenvalue weighted by Gasteiger charge is -2.28. The highest BCUT2D eigenvalue weighted by Gasteiger charge is 2.38. The summed E-state index contributed by atoms with van der Waals surface area (Å²) in [4.78, 5) is 12.8. The standard InChI is InChI=1S/C13H22BrNOS/c1-13(8-5-9-17-13)12(16)15-11-7-4-2-3-6-10(11)14/h10-11H,2-9H2,1H3,(H,15,16). The molecule has 1 saturated heterocycles. The van der Waals surface area contributed by atoms with Crippen molar-refractivity contribution < 1.29 is 4.79 Å². The van der Waals surface area contributed by atoms with Gasteiger partial charge in [-0.2, -0.15) is 0 Å². The number of carbonyl (C=O) groups is 1. The maximum absolute atomic E-state index is 12.3. The number of hydrogen-bond donors (Lipinski definition) is 1. The van der Waals surface area contributed by atoms with Crippen molar-refractivity contribution in [3.63, 3.8) is 0 Å². The summed E-state index contributed by atoms with van der Waals surface area (Å²) in [7, 11) is 0. The van der Waals surface area contributed by atoms with Gasteiger partial charge in [-0.3, -0.25) is 4.79 Å². The van der Waals surface area contributed by atoms with Gasteiger partial charge in [0.1, 0.15) is 0 Å². The fourth-order valence-corrected chi connectivity index (χ4v) is 4.64. The van der Waals surface area contributed by atoms with E-state index in [0.717, 1.165) is 18.6 Å². The van der Waals surface area contributed by atoms with Crippen molar-refractivity contribution >= 4 is 33.6 Å². The lowest BCUT2D eigenvalue weighted by Crippen LogP contribution is -2.48. The van der Waals surface area contributed by atoms with Gasteiger partial charge in [-0.05, 0) is 38.4 Å². The van der Waals surface area contributed by atoms with Crippen LogP contribution in [0.2, 0.25) is 0 Å². The monoisotopic (exact) mass is 319 g/mol. The van der Waals surface area contributed by atoms with E-state index in [-0.39, 0.29) is 10.7 Å². The second-order valence-electron chi connectivity index (χ2n) is 5.42. The predicted molar refractivity (Wildman–Crippen MR) is 77.8 cm³/mol. The van der Waals surface area contributed by atoms with Crippen LogP contribution in [0.1, 0.15) is 51.9 Å². The van der Waals surface area contributed by atoms with Gasteiger partial charge in [-0.1, -0.05) is 35.2 Å². The van der Waals surface area contributed by atoms with E-state index in [1.165, 1.54) is 32.1 Å². The minimum Gasteiger partial charge on any atom is -0.351 e. The number of halogens is 1. The van der Waals surface area contributed by atoms with Crippen molar-refractivity contribution in [2.75, 3.05) is 5.75 Å². The number of hydrogen-bond acceptors (Lipinski definition) is 2. The van der Waals surface area contributed by atoms with Gasteiger partial charge < -0.3 is 5.32 Å². The largest absolute Gasteiger partial charge is 0.351 e. The molecule has 1 N–H and O–H groups in total. The third-order valence-electron chi connectivity index (χ3n) is 3.95. The molecule has 1 heterocycles. The highest BCUT2D eigenvalue weighted by atomic mass is 79.9. The van der Waals surface area contributed by atoms with Gasteiger partial charge in [0.25, 0.3) is 0 Å². The molecule has 0 aromatic rings. The van der Waals surface area contributed by atoms with Crippen molar-refractivity contribution in [3.05, 3.63) is 0 Å². The topological polar surface area (TPSA) is 29.1 Å². The van der Waals surface area contributed by atoms with Crippen LogP contribution in [0.15, 0.2) is 0 Å². The smallest absolute Gasteiger partial charge is 0.236 e. The Morgan fingerprint density at radius 1 is 1.29 bits per heavy atom. The zero-order chi connectivity index (χ0) is 12.3. The van der Waals surface area contributed by atoms with Gasteiger partial charge in [0.15, 0.2) is 0 Å². The quantitative estimate of drug-likeness (QED) is 0.623. The first-order valence-corrected chi connectivity index (χ1v) is 8.61. The number of rotatable bonds is 2. The third kappa shape index (κ3) is 3.40. The summed E-state index contributed by atoms with van der Waals surface area (Å²) in [6.45, 7) is 2.10. The number of carbonyl (C=O) groups excluding carboxylic acids is 1. The second kappa shape index (κ2) is 5.96. The van der Waals surface area contributed by atoms with Crippen LogP contribution in [-0.2, 0) is 4.79 Å². The fraction of sp³-hybridized carbons (Fsp3) is 0.923. The van der Waals surface area contributed by atoms with Gasteiger partial charge >= 0.3 is 0 Å². The van der Waals surface area contributed by atoms with Crippen LogP contribution in [0.4, 0.5) is 0 Å². The predicted octanol–water partition coefficient (Wildman–Crippen LogP) is 3.48. The van der Waals surface area contributed by atoms with Gasteiger partial charge in [0.2, 0.25) is 5.91 Å². The van der Waals surface area contributed by atoms with Crippen molar-refractivity contribution in [2.24, 2.45) is 0 Å². The van der Waals surface area contributed by atoms with E-state index >= 15 is 0 Å². The average Bonchev–Trinajstić information content (AvgIpc) is 2.65. The molecular weight excluding hydrogens is 298 g/mol. The number of nitrogens with one attached hydrogen (secondary N) is 1. The van der Waals surface area contributed by atoms with Crippen LogP contribution in [0.5, 0.6) is 0 Å². The van der Waals surface area contributed by atoms with Crippen LogP contribution in [0.25, 0.3) is 0 Å². The lowest BCUT2D eigenvalue weighted by atomic mass is 10.0. The molecular formula is C13H22BrNOS. The Morgan fingerprint density at radius 2 is 2.06 bits per heavy atom. The molecule has 0 radical (unpaired) electrons. The van der Waals surface area contributed by atoms with Gasteiger partial charge in [-0.15, -0.1) is 11.8 Å². The van der Waals surface area contributed by atoms with Crippen LogP contribution in [0, 0.1) is 0 Å². The third-order valence-corrected chi connectivity index (χ3v) is 6.56. The normalized spacial score (nSPS) is 38.7. The summed E-state index contributed by atoms with van der Waals surface area (Å²) in [5, 5.41) is 3.28. The molecule has 17 heavy (non-hydrogen) atoms. The van der Waals surface area contributed by atoms with E-state index in [0.29, 0.717) is 10.9 Å². The molecule has 1 saturated carbocycles. The van der Waals surface area contributed by atoms with Crippen molar-refractivity contribution in [1.29, 1.82) is 0 Å². The Balaban J connectivity index is 1.92. The highest BCUT2D eigenvalue weighted by molar-refractivity contribution is 9.09.